The van der Waals surface area contributed by atoms with Gasteiger partial charge in [-0.3, -0.25) is 4.79 Å². The number of hydrogen-bond acceptors (Lipinski definition) is 3. The van der Waals surface area contributed by atoms with Crippen molar-refractivity contribution < 1.29 is 13.2 Å². The van der Waals surface area contributed by atoms with Crippen molar-refractivity contribution in [3.05, 3.63) is 29.8 Å². The summed E-state index contributed by atoms with van der Waals surface area (Å²) in [5.74, 6) is 0.318. The third kappa shape index (κ3) is 2.97. The van der Waals surface area contributed by atoms with E-state index in [0.29, 0.717) is 11.5 Å². The highest BCUT2D eigenvalue weighted by Crippen LogP contribution is 2.33. The molecule has 1 aromatic rings. The maximum atomic E-state index is 12.1. The first-order chi connectivity index (χ1) is 8.40. The van der Waals surface area contributed by atoms with Gasteiger partial charge in [-0.2, -0.15) is 0 Å². The van der Waals surface area contributed by atoms with Crippen molar-refractivity contribution in [3.63, 3.8) is 0 Å². The van der Waals surface area contributed by atoms with Gasteiger partial charge >= 0.3 is 0 Å². The van der Waals surface area contributed by atoms with E-state index in [1.807, 2.05) is 6.92 Å². The van der Waals surface area contributed by atoms with E-state index in [4.69, 9.17) is 0 Å². The van der Waals surface area contributed by atoms with Gasteiger partial charge in [0, 0.05) is 11.6 Å². The van der Waals surface area contributed by atoms with Crippen LogP contribution in [-0.4, -0.2) is 20.2 Å². The molecule has 1 aliphatic rings. The van der Waals surface area contributed by atoms with E-state index < -0.39 is 10.0 Å². The normalized spacial score (nSPS) is 17.4. The summed E-state index contributed by atoms with van der Waals surface area (Å²) in [5.41, 5.74) is 0.414. The zero-order valence-electron chi connectivity index (χ0n) is 10.5. The summed E-state index contributed by atoms with van der Waals surface area (Å²) in [6.07, 6.45) is 2.16. The number of carbonyl (C=O) groups excluding carboxylic acids is 1. The average molecular weight is 267 g/mol. The summed E-state index contributed by atoms with van der Waals surface area (Å²) in [7, 11) is -3.52. The number of nitrogens with one attached hydrogen (secondary N) is 1. The Kier molecular flexibility index (Phi) is 3.54. The molecule has 0 spiro atoms. The highest BCUT2D eigenvalue weighted by molar-refractivity contribution is 7.89. The second-order valence-electron chi connectivity index (χ2n) is 4.83. The van der Waals surface area contributed by atoms with Crippen molar-refractivity contribution in [1.29, 1.82) is 0 Å². The molecule has 4 nitrogen and oxygen atoms in total. The number of benzene rings is 1. The summed E-state index contributed by atoms with van der Waals surface area (Å²) < 4.78 is 26.9. The lowest BCUT2D eigenvalue weighted by atomic mass is 10.2. The molecular weight excluding hydrogens is 250 g/mol. The van der Waals surface area contributed by atoms with Crippen LogP contribution in [0.3, 0.4) is 0 Å². The standard InChI is InChI=1S/C13H17NO3S/c1-9(11-6-7-11)14-18(16,17)13-5-3-4-12(8-13)10(2)15/h3-5,8-9,11,14H,6-7H2,1-2H3/t9-/m0/s1. The molecule has 0 unspecified atom stereocenters. The Labute approximate surface area is 107 Å². The van der Waals surface area contributed by atoms with Gasteiger partial charge < -0.3 is 0 Å². The predicted molar refractivity (Wildman–Crippen MR) is 69.0 cm³/mol. The minimum Gasteiger partial charge on any atom is -0.295 e. The quantitative estimate of drug-likeness (QED) is 0.830. The van der Waals surface area contributed by atoms with Crippen molar-refractivity contribution in [2.75, 3.05) is 0 Å². The lowest BCUT2D eigenvalue weighted by molar-refractivity contribution is 0.101. The second kappa shape index (κ2) is 4.82. The van der Waals surface area contributed by atoms with Crippen molar-refractivity contribution >= 4 is 15.8 Å². The molecule has 0 aliphatic heterocycles. The van der Waals surface area contributed by atoms with Gasteiger partial charge in [0.05, 0.1) is 4.90 Å². The van der Waals surface area contributed by atoms with E-state index in [-0.39, 0.29) is 16.7 Å². The van der Waals surface area contributed by atoms with Gasteiger partial charge in [-0.05, 0) is 44.7 Å². The summed E-state index contributed by atoms with van der Waals surface area (Å²) in [4.78, 5) is 11.4. The fraction of sp³-hybridized carbons (Fsp3) is 0.462. The SMILES string of the molecule is CC(=O)c1cccc(S(=O)(=O)N[C@@H](C)C2CC2)c1. The predicted octanol–water partition coefficient (Wildman–Crippen LogP) is 1.97. The van der Waals surface area contributed by atoms with Crippen LogP contribution in [0.2, 0.25) is 0 Å². The molecule has 0 saturated heterocycles. The van der Waals surface area contributed by atoms with Gasteiger partial charge in [-0.25, -0.2) is 13.1 Å². The Morgan fingerprint density at radius 1 is 1.39 bits per heavy atom. The number of ketones is 1. The van der Waals surface area contributed by atoms with Gasteiger partial charge in [-0.15, -0.1) is 0 Å². The van der Waals surface area contributed by atoms with Crippen LogP contribution >= 0.6 is 0 Å². The molecule has 1 fully saturated rings. The molecule has 0 bridgehead atoms. The molecule has 0 aromatic heterocycles. The molecule has 0 amide bonds. The zero-order chi connectivity index (χ0) is 13.3. The first-order valence-electron chi connectivity index (χ1n) is 6.03. The molecule has 1 N–H and O–H groups in total. The first kappa shape index (κ1) is 13.2. The average Bonchev–Trinajstić information content (AvgIpc) is 3.12. The molecule has 2 rings (SSSR count). The number of hydrogen-bond donors (Lipinski definition) is 1. The van der Waals surface area contributed by atoms with Crippen LogP contribution in [0.1, 0.15) is 37.0 Å². The molecule has 5 heteroatoms. The van der Waals surface area contributed by atoms with Gasteiger partial charge in [0.1, 0.15) is 0 Å². The molecular formula is C13H17NO3S. The summed E-state index contributed by atoms with van der Waals surface area (Å²) >= 11 is 0. The number of carbonyl (C=O) groups is 1. The maximum absolute atomic E-state index is 12.1. The highest BCUT2D eigenvalue weighted by Gasteiger charge is 2.31. The van der Waals surface area contributed by atoms with Crippen LogP contribution in [0.4, 0.5) is 0 Å². The van der Waals surface area contributed by atoms with Crippen LogP contribution in [0, 0.1) is 5.92 Å². The smallest absolute Gasteiger partial charge is 0.240 e. The lowest BCUT2D eigenvalue weighted by Gasteiger charge is -2.13. The minimum absolute atomic E-state index is 0.0454. The van der Waals surface area contributed by atoms with Crippen molar-refractivity contribution in [2.45, 2.75) is 37.6 Å². The molecule has 0 heterocycles. The molecule has 98 valence electrons. The van der Waals surface area contributed by atoms with Crippen LogP contribution in [0.15, 0.2) is 29.2 Å². The van der Waals surface area contributed by atoms with Crippen molar-refractivity contribution in [2.24, 2.45) is 5.92 Å². The van der Waals surface area contributed by atoms with Gasteiger partial charge in [0.2, 0.25) is 10.0 Å². The summed E-state index contributed by atoms with van der Waals surface area (Å²) in [6, 6.07) is 6.09. The third-order valence-corrected chi connectivity index (χ3v) is 4.78. The Hall–Kier alpha value is -1.20. The Bertz CT molecular complexity index is 561. The van der Waals surface area contributed by atoms with E-state index in [2.05, 4.69) is 4.72 Å². The van der Waals surface area contributed by atoms with E-state index in [1.165, 1.54) is 19.1 Å². The molecule has 1 aliphatic carbocycles. The van der Waals surface area contributed by atoms with Crippen LogP contribution in [-0.2, 0) is 10.0 Å². The van der Waals surface area contributed by atoms with Crippen LogP contribution in [0.5, 0.6) is 0 Å². The van der Waals surface area contributed by atoms with Gasteiger partial charge in [-0.1, -0.05) is 12.1 Å². The first-order valence-corrected chi connectivity index (χ1v) is 7.52. The molecule has 1 aromatic carbocycles. The fourth-order valence-electron chi connectivity index (χ4n) is 1.89. The van der Waals surface area contributed by atoms with Gasteiger partial charge in [0.25, 0.3) is 0 Å². The monoisotopic (exact) mass is 267 g/mol. The largest absolute Gasteiger partial charge is 0.295 e. The molecule has 18 heavy (non-hydrogen) atoms. The summed E-state index contributed by atoms with van der Waals surface area (Å²) in [5, 5.41) is 0. The molecule has 0 radical (unpaired) electrons. The van der Waals surface area contributed by atoms with Crippen LogP contribution in [0.25, 0.3) is 0 Å². The highest BCUT2D eigenvalue weighted by atomic mass is 32.2. The van der Waals surface area contributed by atoms with Crippen molar-refractivity contribution in [1.82, 2.24) is 4.72 Å². The van der Waals surface area contributed by atoms with E-state index >= 15 is 0 Å². The Morgan fingerprint density at radius 3 is 2.61 bits per heavy atom. The minimum atomic E-state index is -3.52. The second-order valence-corrected chi connectivity index (χ2v) is 6.55. The number of sulfonamides is 1. The number of Topliss-reactive ketones (excluding diaryl/α,β-unsaturated/α-hetero) is 1. The topological polar surface area (TPSA) is 63.2 Å². The third-order valence-electron chi connectivity index (χ3n) is 3.22. The lowest BCUT2D eigenvalue weighted by Crippen LogP contribution is -2.34. The van der Waals surface area contributed by atoms with E-state index in [1.54, 1.807) is 12.1 Å². The maximum Gasteiger partial charge on any atom is 0.240 e. The zero-order valence-corrected chi connectivity index (χ0v) is 11.3. The van der Waals surface area contributed by atoms with Gasteiger partial charge in [0.15, 0.2) is 5.78 Å². The molecule has 1 atom stereocenters. The Balaban J connectivity index is 2.23. The fourth-order valence-corrected chi connectivity index (χ4v) is 3.25. The summed E-state index contributed by atoms with van der Waals surface area (Å²) in [6.45, 7) is 3.30. The van der Waals surface area contributed by atoms with Crippen molar-refractivity contribution in [3.8, 4) is 0 Å². The van der Waals surface area contributed by atoms with E-state index in [9.17, 15) is 13.2 Å². The van der Waals surface area contributed by atoms with Crippen LogP contribution < -0.4 is 4.72 Å². The molecule has 1 saturated carbocycles. The Morgan fingerprint density at radius 2 is 2.06 bits per heavy atom. The number of rotatable bonds is 5. The van der Waals surface area contributed by atoms with E-state index in [0.717, 1.165) is 12.8 Å².